The predicted octanol–water partition coefficient (Wildman–Crippen LogP) is 1.63. The molecular formula is C10H21NOS. The normalized spacial score (nSPS) is 21.5. The largest absolute Gasteiger partial charge is 0.394 e. The van der Waals surface area contributed by atoms with Crippen LogP contribution in [0.2, 0.25) is 0 Å². The molecule has 0 aliphatic heterocycles. The maximum absolute atomic E-state index is 9.29. The summed E-state index contributed by atoms with van der Waals surface area (Å²) in [5.74, 6) is 1.20. The summed E-state index contributed by atoms with van der Waals surface area (Å²) in [4.78, 5) is 0. The minimum Gasteiger partial charge on any atom is -0.394 e. The van der Waals surface area contributed by atoms with Crippen molar-refractivity contribution < 1.29 is 5.11 Å². The summed E-state index contributed by atoms with van der Waals surface area (Å²) in [6.45, 7) is 2.39. The van der Waals surface area contributed by atoms with Crippen molar-refractivity contribution in [3.05, 3.63) is 0 Å². The van der Waals surface area contributed by atoms with Crippen molar-refractivity contribution in [2.24, 2.45) is 0 Å². The van der Waals surface area contributed by atoms with Gasteiger partial charge in [-0.2, -0.15) is 11.8 Å². The van der Waals surface area contributed by atoms with Gasteiger partial charge in [-0.3, -0.25) is 0 Å². The molecule has 1 aliphatic rings. The molecule has 0 aromatic rings. The highest BCUT2D eigenvalue weighted by Crippen LogP contribution is 2.24. The zero-order valence-corrected chi connectivity index (χ0v) is 9.49. The van der Waals surface area contributed by atoms with Gasteiger partial charge in [-0.15, -0.1) is 0 Å². The Balaban J connectivity index is 2.20. The molecule has 1 rings (SSSR count). The first-order valence-electron chi connectivity index (χ1n) is 5.08. The first-order chi connectivity index (χ1) is 6.20. The van der Waals surface area contributed by atoms with E-state index in [9.17, 15) is 5.11 Å². The third-order valence-electron chi connectivity index (χ3n) is 2.56. The Morgan fingerprint density at radius 3 is 2.69 bits per heavy atom. The predicted molar refractivity (Wildman–Crippen MR) is 59.3 cm³/mol. The molecule has 0 heterocycles. The van der Waals surface area contributed by atoms with Gasteiger partial charge in [0.05, 0.1) is 6.61 Å². The van der Waals surface area contributed by atoms with E-state index in [1.807, 2.05) is 11.8 Å². The second-order valence-electron chi connectivity index (χ2n) is 4.23. The molecule has 0 aromatic carbocycles. The second-order valence-corrected chi connectivity index (χ2v) is 5.22. The van der Waals surface area contributed by atoms with Crippen LogP contribution in [-0.2, 0) is 0 Å². The highest BCUT2D eigenvalue weighted by atomic mass is 32.2. The van der Waals surface area contributed by atoms with E-state index in [4.69, 9.17) is 0 Å². The molecule has 0 radical (unpaired) electrons. The number of thioether (sulfide) groups is 1. The molecule has 1 atom stereocenters. The molecule has 0 aromatic heterocycles. The Kier molecular flexibility index (Phi) is 4.56. The third-order valence-corrected chi connectivity index (χ3v) is 3.25. The summed E-state index contributed by atoms with van der Waals surface area (Å²) in [6, 6.07) is 0.687. The van der Waals surface area contributed by atoms with Crippen molar-refractivity contribution in [3.8, 4) is 0 Å². The Hall–Kier alpha value is 0.270. The summed E-state index contributed by atoms with van der Waals surface area (Å²) in [5.41, 5.74) is -0.0309. The number of hydrogen-bond donors (Lipinski definition) is 2. The van der Waals surface area contributed by atoms with Gasteiger partial charge in [0.25, 0.3) is 0 Å². The molecule has 2 N–H and O–H groups in total. The van der Waals surface area contributed by atoms with Crippen LogP contribution in [0.4, 0.5) is 0 Å². The van der Waals surface area contributed by atoms with Gasteiger partial charge in [0.1, 0.15) is 0 Å². The average Bonchev–Trinajstić information content (AvgIpc) is 2.89. The van der Waals surface area contributed by atoms with E-state index in [-0.39, 0.29) is 12.1 Å². The van der Waals surface area contributed by atoms with Crippen molar-refractivity contribution in [3.63, 3.8) is 0 Å². The van der Waals surface area contributed by atoms with Crippen LogP contribution in [-0.4, -0.2) is 35.3 Å². The van der Waals surface area contributed by atoms with Gasteiger partial charge in [-0.05, 0) is 44.6 Å². The number of rotatable bonds is 7. The van der Waals surface area contributed by atoms with Crippen LogP contribution < -0.4 is 5.32 Å². The van der Waals surface area contributed by atoms with Gasteiger partial charge in [-0.25, -0.2) is 0 Å². The maximum Gasteiger partial charge on any atom is 0.0610 e. The summed E-state index contributed by atoms with van der Waals surface area (Å²) < 4.78 is 0. The van der Waals surface area contributed by atoms with Gasteiger partial charge in [0.2, 0.25) is 0 Å². The lowest BCUT2D eigenvalue weighted by Gasteiger charge is -2.28. The zero-order valence-electron chi connectivity index (χ0n) is 8.68. The van der Waals surface area contributed by atoms with E-state index in [2.05, 4.69) is 18.5 Å². The van der Waals surface area contributed by atoms with Crippen LogP contribution in [0.1, 0.15) is 32.6 Å². The number of aliphatic hydroxyl groups is 1. The Morgan fingerprint density at radius 2 is 2.23 bits per heavy atom. The second kappa shape index (κ2) is 5.23. The van der Waals surface area contributed by atoms with Gasteiger partial charge >= 0.3 is 0 Å². The molecular weight excluding hydrogens is 182 g/mol. The van der Waals surface area contributed by atoms with Crippen molar-refractivity contribution in [2.45, 2.75) is 44.2 Å². The number of nitrogens with one attached hydrogen (secondary N) is 1. The first-order valence-corrected chi connectivity index (χ1v) is 6.47. The standard InChI is InChI=1S/C10H21NOS/c1-10(8-12,6-3-7-13-2)11-9-4-5-9/h9,11-12H,3-8H2,1-2H3. The van der Waals surface area contributed by atoms with Crippen LogP contribution in [0.15, 0.2) is 0 Å². The maximum atomic E-state index is 9.29. The summed E-state index contributed by atoms with van der Waals surface area (Å²) in [5, 5.41) is 12.8. The van der Waals surface area contributed by atoms with Crippen LogP contribution in [0, 0.1) is 0 Å². The lowest BCUT2D eigenvalue weighted by Crippen LogP contribution is -2.46. The molecule has 1 saturated carbocycles. The fraction of sp³-hybridized carbons (Fsp3) is 1.00. The molecule has 2 nitrogen and oxygen atoms in total. The van der Waals surface area contributed by atoms with Gasteiger partial charge in [-0.1, -0.05) is 0 Å². The van der Waals surface area contributed by atoms with Gasteiger partial charge in [0, 0.05) is 11.6 Å². The lowest BCUT2D eigenvalue weighted by molar-refractivity contribution is 0.163. The minimum atomic E-state index is -0.0309. The molecule has 1 aliphatic carbocycles. The van der Waals surface area contributed by atoms with Gasteiger partial charge < -0.3 is 10.4 Å². The van der Waals surface area contributed by atoms with Crippen molar-refractivity contribution in [1.29, 1.82) is 0 Å². The molecule has 0 bridgehead atoms. The van der Waals surface area contributed by atoms with Crippen LogP contribution in [0.5, 0.6) is 0 Å². The molecule has 1 unspecified atom stereocenters. The smallest absolute Gasteiger partial charge is 0.0610 e. The molecule has 1 fully saturated rings. The van der Waals surface area contributed by atoms with E-state index in [0.29, 0.717) is 6.04 Å². The molecule has 13 heavy (non-hydrogen) atoms. The van der Waals surface area contributed by atoms with Crippen LogP contribution in [0.3, 0.4) is 0 Å². The summed E-state index contributed by atoms with van der Waals surface area (Å²) in [7, 11) is 0. The molecule has 78 valence electrons. The first kappa shape index (κ1) is 11.3. The summed E-state index contributed by atoms with van der Waals surface area (Å²) in [6.07, 6.45) is 6.99. The van der Waals surface area contributed by atoms with Crippen molar-refractivity contribution in [1.82, 2.24) is 5.32 Å². The topological polar surface area (TPSA) is 32.3 Å². The molecule has 0 amide bonds. The van der Waals surface area contributed by atoms with E-state index in [1.54, 1.807) is 0 Å². The van der Waals surface area contributed by atoms with E-state index in [0.717, 1.165) is 6.42 Å². The SMILES string of the molecule is CSCCCC(C)(CO)NC1CC1. The van der Waals surface area contributed by atoms with E-state index < -0.39 is 0 Å². The minimum absolute atomic E-state index is 0.0309. The Morgan fingerprint density at radius 1 is 1.54 bits per heavy atom. The van der Waals surface area contributed by atoms with E-state index >= 15 is 0 Å². The Bertz CT molecular complexity index is 150. The average molecular weight is 203 g/mol. The highest BCUT2D eigenvalue weighted by molar-refractivity contribution is 7.98. The summed E-state index contributed by atoms with van der Waals surface area (Å²) >= 11 is 1.88. The Labute approximate surface area is 85.5 Å². The van der Waals surface area contributed by atoms with Crippen molar-refractivity contribution >= 4 is 11.8 Å². The highest BCUT2D eigenvalue weighted by Gasteiger charge is 2.31. The third kappa shape index (κ3) is 4.34. The van der Waals surface area contributed by atoms with E-state index in [1.165, 1.54) is 25.0 Å². The molecule has 3 heteroatoms. The molecule has 0 saturated heterocycles. The molecule has 0 spiro atoms. The monoisotopic (exact) mass is 203 g/mol. The lowest BCUT2D eigenvalue weighted by atomic mass is 9.97. The zero-order chi connectivity index (χ0) is 9.73. The fourth-order valence-electron chi connectivity index (χ4n) is 1.52. The van der Waals surface area contributed by atoms with Crippen LogP contribution >= 0.6 is 11.8 Å². The number of hydrogen-bond acceptors (Lipinski definition) is 3. The van der Waals surface area contributed by atoms with Gasteiger partial charge in [0.15, 0.2) is 0 Å². The van der Waals surface area contributed by atoms with Crippen LogP contribution in [0.25, 0.3) is 0 Å². The number of aliphatic hydroxyl groups excluding tert-OH is 1. The quantitative estimate of drug-likeness (QED) is 0.617. The van der Waals surface area contributed by atoms with Crippen molar-refractivity contribution in [2.75, 3.05) is 18.6 Å². The fourth-order valence-corrected chi connectivity index (χ4v) is 1.96.